The summed E-state index contributed by atoms with van der Waals surface area (Å²) >= 11 is 0. The van der Waals surface area contributed by atoms with Crippen molar-refractivity contribution in [3.63, 3.8) is 0 Å². The molecule has 2 aliphatic carbocycles. The van der Waals surface area contributed by atoms with E-state index in [9.17, 15) is 14.4 Å². The Bertz CT molecular complexity index is 555. The zero-order valence-electron chi connectivity index (χ0n) is 13.9. The van der Waals surface area contributed by atoms with Crippen molar-refractivity contribution in [2.45, 2.75) is 64.5 Å². The van der Waals surface area contributed by atoms with Gasteiger partial charge in [0.05, 0.1) is 17.9 Å². The summed E-state index contributed by atoms with van der Waals surface area (Å²) in [6.07, 6.45) is 4.51. The number of carbonyl (C=O) groups excluding carboxylic acids is 3. The smallest absolute Gasteiger partial charge is 0.333 e. The van der Waals surface area contributed by atoms with Gasteiger partial charge in [0, 0.05) is 5.57 Å². The number of rotatable bonds is 3. The zero-order valence-corrected chi connectivity index (χ0v) is 13.9. The minimum Gasteiger partial charge on any atom is -0.457 e. The van der Waals surface area contributed by atoms with E-state index in [4.69, 9.17) is 4.74 Å². The molecular weight excluding hydrogens is 294 g/mol. The van der Waals surface area contributed by atoms with Crippen molar-refractivity contribution in [2.24, 2.45) is 17.8 Å². The number of amides is 2. The van der Waals surface area contributed by atoms with Gasteiger partial charge in [0.15, 0.2) is 0 Å². The molecule has 1 saturated heterocycles. The minimum absolute atomic E-state index is 0.0461. The molecule has 5 unspecified atom stereocenters. The molecule has 3 rings (SSSR count). The van der Waals surface area contributed by atoms with Gasteiger partial charge in [-0.25, -0.2) is 4.79 Å². The third-order valence-electron chi connectivity index (χ3n) is 5.58. The van der Waals surface area contributed by atoms with E-state index in [1.165, 1.54) is 4.90 Å². The van der Waals surface area contributed by atoms with Gasteiger partial charge in [0.1, 0.15) is 6.10 Å². The summed E-state index contributed by atoms with van der Waals surface area (Å²) < 4.78 is 5.48. The molecular formula is C18H25NO4. The fraction of sp³-hybridized carbons (Fsp3) is 0.722. The van der Waals surface area contributed by atoms with Crippen molar-refractivity contribution in [1.29, 1.82) is 0 Å². The van der Waals surface area contributed by atoms with Gasteiger partial charge >= 0.3 is 5.97 Å². The predicted octanol–water partition coefficient (Wildman–Crippen LogP) is 2.45. The van der Waals surface area contributed by atoms with E-state index in [1.54, 1.807) is 6.92 Å². The number of fused-ring (bicyclic) bond motifs is 1. The number of ether oxygens (including phenoxy) is 1. The van der Waals surface area contributed by atoms with Crippen LogP contribution in [0.15, 0.2) is 12.2 Å². The Hall–Kier alpha value is -1.65. The largest absolute Gasteiger partial charge is 0.457 e. The maximum atomic E-state index is 12.8. The Kier molecular flexibility index (Phi) is 4.30. The van der Waals surface area contributed by atoms with Crippen LogP contribution in [-0.4, -0.2) is 34.8 Å². The maximum Gasteiger partial charge on any atom is 0.333 e. The third kappa shape index (κ3) is 2.81. The van der Waals surface area contributed by atoms with E-state index in [0.29, 0.717) is 17.9 Å². The molecule has 0 aromatic rings. The minimum atomic E-state index is -0.438. The molecule has 3 fully saturated rings. The number of imide groups is 1. The summed E-state index contributed by atoms with van der Waals surface area (Å²) in [7, 11) is 0. The fourth-order valence-electron chi connectivity index (χ4n) is 4.32. The van der Waals surface area contributed by atoms with Crippen molar-refractivity contribution >= 4 is 17.8 Å². The first-order chi connectivity index (χ1) is 10.9. The number of carbonyl (C=O) groups is 3. The number of likely N-dealkylation sites (tertiary alicyclic amines) is 1. The molecule has 2 saturated carbocycles. The van der Waals surface area contributed by atoms with Gasteiger partial charge in [-0.15, -0.1) is 0 Å². The lowest BCUT2D eigenvalue weighted by Gasteiger charge is -2.28. The van der Waals surface area contributed by atoms with Crippen molar-refractivity contribution in [3.05, 3.63) is 12.2 Å². The lowest BCUT2D eigenvalue weighted by molar-refractivity contribution is -0.154. The Morgan fingerprint density at radius 2 is 1.83 bits per heavy atom. The van der Waals surface area contributed by atoms with Crippen LogP contribution in [0.1, 0.15) is 52.4 Å². The monoisotopic (exact) mass is 319 g/mol. The van der Waals surface area contributed by atoms with Crippen LogP contribution in [0, 0.1) is 17.8 Å². The van der Waals surface area contributed by atoms with Crippen LogP contribution < -0.4 is 0 Å². The molecule has 5 atom stereocenters. The molecule has 5 heteroatoms. The number of nitrogens with zero attached hydrogens (tertiary/aromatic N) is 1. The van der Waals surface area contributed by atoms with E-state index in [1.807, 2.05) is 0 Å². The van der Waals surface area contributed by atoms with E-state index in [0.717, 1.165) is 32.1 Å². The standard InChI is InChI=1S/C18H25NO4/c1-10(2)18(22)23-15-6-4-5-14(15)19-16(20)12-8-7-11(3)9-13(12)17(19)21/h11-15H,1,4-9H2,2-3H3. The van der Waals surface area contributed by atoms with E-state index in [-0.39, 0.29) is 35.8 Å². The highest BCUT2D eigenvalue weighted by atomic mass is 16.5. The topological polar surface area (TPSA) is 63.7 Å². The Labute approximate surface area is 137 Å². The first kappa shape index (κ1) is 16.2. The Morgan fingerprint density at radius 3 is 2.52 bits per heavy atom. The van der Waals surface area contributed by atoms with Crippen LogP contribution in [0.4, 0.5) is 0 Å². The average Bonchev–Trinajstić information content (AvgIpc) is 3.03. The van der Waals surface area contributed by atoms with E-state index < -0.39 is 5.97 Å². The number of hydrogen-bond donors (Lipinski definition) is 0. The highest BCUT2D eigenvalue weighted by molar-refractivity contribution is 6.05. The molecule has 23 heavy (non-hydrogen) atoms. The van der Waals surface area contributed by atoms with Gasteiger partial charge < -0.3 is 4.74 Å². The molecule has 5 nitrogen and oxygen atoms in total. The number of hydrogen-bond acceptors (Lipinski definition) is 4. The summed E-state index contributed by atoms with van der Waals surface area (Å²) in [5.74, 6) is -0.355. The molecule has 1 heterocycles. The lowest BCUT2D eigenvalue weighted by atomic mass is 9.76. The van der Waals surface area contributed by atoms with Crippen LogP contribution in [0.5, 0.6) is 0 Å². The molecule has 0 spiro atoms. The van der Waals surface area contributed by atoms with E-state index >= 15 is 0 Å². The van der Waals surface area contributed by atoms with Crippen LogP contribution in [0.25, 0.3) is 0 Å². The van der Waals surface area contributed by atoms with Gasteiger partial charge in [-0.05, 0) is 51.4 Å². The van der Waals surface area contributed by atoms with Crippen LogP contribution in [0.3, 0.4) is 0 Å². The van der Waals surface area contributed by atoms with Gasteiger partial charge in [-0.1, -0.05) is 13.5 Å². The Morgan fingerprint density at radius 1 is 1.13 bits per heavy atom. The molecule has 1 aliphatic heterocycles. The van der Waals surface area contributed by atoms with Gasteiger partial charge in [0.2, 0.25) is 11.8 Å². The summed E-state index contributed by atoms with van der Waals surface area (Å²) in [5.41, 5.74) is 0.345. The zero-order chi connectivity index (χ0) is 16.7. The summed E-state index contributed by atoms with van der Waals surface area (Å²) in [5, 5.41) is 0. The lowest BCUT2D eigenvalue weighted by Crippen LogP contribution is -2.46. The van der Waals surface area contributed by atoms with Gasteiger partial charge in [-0.3, -0.25) is 14.5 Å². The molecule has 0 aromatic carbocycles. The van der Waals surface area contributed by atoms with Crippen molar-refractivity contribution in [2.75, 3.05) is 0 Å². The molecule has 2 amide bonds. The first-order valence-electron chi connectivity index (χ1n) is 8.63. The summed E-state index contributed by atoms with van der Waals surface area (Å²) in [4.78, 5) is 38.8. The maximum absolute atomic E-state index is 12.8. The highest BCUT2D eigenvalue weighted by Crippen LogP contribution is 2.43. The van der Waals surface area contributed by atoms with Crippen molar-refractivity contribution in [3.8, 4) is 0 Å². The average molecular weight is 319 g/mol. The first-order valence-corrected chi connectivity index (χ1v) is 8.63. The normalized spacial score (nSPS) is 37.0. The van der Waals surface area contributed by atoms with Crippen molar-refractivity contribution < 1.29 is 19.1 Å². The molecule has 126 valence electrons. The number of esters is 1. The predicted molar refractivity (Wildman–Crippen MR) is 84.2 cm³/mol. The van der Waals surface area contributed by atoms with E-state index in [2.05, 4.69) is 13.5 Å². The molecule has 0 aromatic heterocycles. The van der Waals surface area contributed by atoms with Gasteiger partial charge in [0.25, 0.3) is 0 Å². The second-order valence-electron chi connectivity index (χ2n) is 7.40. The van der Waals surface area contributed by atoms with Crippen LogP contribution in [-0.2, 0) is 19.1 Å². The fourth-order valence-corrected chi connectivity index (χ4v) is 4.32. The third-order valence-corrected chi connectivity index (χ3v) is 5.58. The second-order valence-corrected chi connectivity index (χ2v) is 7.40. The SMILES string of the molecule is C=C(C)C(=O)OC1CCCC1N1C(=O)C2CCC(C)CC2C1=O. The summed E-state index contributed by atoms with van der Waals surface area (Å²) in [6, 6.07) is -0.292. The molecule has 3 aliphatic rings. The highest BCUT2D eigenvalue weighted by Gasteiger charge is 2.53. The van der Waals surface area contributed by atoms with Crippen LogP contribution >= 0.6 is 0 Å². The van der Waals surface area contributed by atoms with Crippen molar-refractivity contribution in [1.82, 2.24) is 4.90 Å². The Balaban J connectivity index is 1.77. The molecule has 0 bridgehead atoms. The second kappa shape index (κ2) is 6.10. The van der Waals surface area contributed by atoms with Gasteiger partial charge in [-0.2, -0.15) is 0 Å². The quantitative estimate of drug-likeness (QED) is 0.455. The molecule has 0 radical (unpaired) electrons. The van der Waals surface area contributed by atoms with Crippen LogP contribution in [0.2, 0.25) is 0 Å². The summed E-state index contributed by atoms with van der Waals surface area (Å²) in [6.45, 7) is 7.34. The molecule has 0 N–H and O–H groups in total.